The van der Waals surface area contributed by atoms with E-state index in [1.165, 1.54) is 12.0 Å². The summed E-state index contributed by atoms with van der Waals surface area (Å²) in [5.41, 5.74) is 1.37. The van der Waals surface area contributed by atoms with Crippen molar-refractivity contribution < 1.29 is 18.9 Å². The first-order valence-corrected chi connectivity index (χ1v) is 10.4. The van der Waals surface area contributed by atoms with Gasteiger partial charge in [-0.15, -0.1) is 0 Å². The smallest absolute Gasteiger partial charge is 0.119 e. The van der Waals surface area contributed by atoms with E-state index in [2.05, 4.69) is 23.1 Å². The van der Waals surface area contributed by atoms with E-state index in [1.54, 1.807) is 7.11 Å². The fourth-order valence-electron chi connectivity index (χ4n) is 4.78. The molecule has 150 valence electrons. The fourth-order valence-corrected chi connectivity index (χ4v) is 4.78. The summed E-state index contributed by atoms with van der Waals surface area (Å²) in [6, 6.07) is 8.36. The average molecular weight is 376 g/mol. The number of hydrogen-bond donors (Lipinski definition) is 0. The molecule has 3 heterocycles. The summed E-state index contributed by atoms with van der Waals surface area (Å²) in [7, 11) is 1.72. The molecule has 3 aliphatic rings. The lowest BCUT2D eigenvalue weighted by molar-refractivity contribution is -0.139. The zero-order valence-electron chi connectivity index (χ0n) is 16.5. The number of methoxy groups -OCH3 is 1. The highest BCUT2D eigenvalue weighted by molar-refractivity contribution is 5.28. The first kappa shape index (κ1) is 19.2. The lowest BCUT2D eigenvalue weighted by atomic mass is 9.79. The third-order valence-electron chi connectivity index (χ3n) is 6.43. The molecule has 0 amide bonds. The molecular weight excluding hydrogens is 342 g/mol. The highest BCUT2D eigenvalue weighted by Crippen LogP contribution is 2.42. The van der Waals surface area contributed by atoms with E-state index >= 15 is 0 Å². The second-order valence-corrected chi connectivity index (χ2v) is 8.31. The Balaban J connectivity index is 1.19. The molecular formula is C22H33NO4. The Hall–Kier alpha value is -1.14. The van der Waals surface area contributed by atoms with Crippen LogP contribution in [0.3, 0.4) is 0 Å². The van der Waals surface area contributed by atoms with E-state index in [0.29, 0.717) is 11.8 Å². The number of rotatable bonds is 8. The molecule has 0 aliphatic carbocycles. The first-order valence-electron chi connectivity index (χ1n) is 10.4. The molecule has 1 aromatic rings. The van der Waals surface area contributed by atoms with E-state index in [0.717, 1.165) is 77.7 Å². The van der Waals surface area contributed by atoms with Gasteiger partial charge in [0.1, 0.15) is 5.75 Å². The molecule has 3 saturated heterocycles. The van der Waals surface area contributed by atoms with Crippen molar-refractivity contribution in [2.75, 3.05) is 53.2 Å². The molecule has 0 radical (unpaired) electrons. The number of hydrogen-bond acceptors (Lipinski definition) is 5. The van der Waals surface area contributed by atoms with Crippen LogP contribution in [-0.4, -0.2) is 63.7 Å². The van der Waals surface area contributed by atoms with Crippen molar-refractivity contribution in [2.24, 2.45) is 11.8 Å². The van der Waals surface area contributed by atoms with E-state index in [-0.39, 0.29) is 5.60 Å². The van der Waals surface area contributed by atoms with E-state index < -0.39 is 0 Å². The molecule has 0 bridgehead atoms. The Kier molecular flexibility index (Phi) is 6.33. The third-order valence-corrected chi connectivity index (χ3v) is 6.43. The van der Waals surface area contributed by atoms with Gasteiger partial charge in [-0.2, -0.15) is 0 Å². The van der Waals surface area contributed by atoms with E-state index in [9.17, 15) is 0 Å². The van der Waals surface area contributed by atoms with Crippen molar-refractivity contribution in [1.29, 1.82) is 0 Å². The van der Waals surface area contributed by atoms with Gasteiger partial charge in [0.15, 0.2) is 0 Å². The molecule has 1 aromatic carbocycles. The number of likely N-dealkylation sites (tertiary alicyclic amines) is 1. The number of benzene rings is 1. The van der Waals surface area contributed by atoms with Gasteiger partial charge in [-0.1, -0.05) is 12.1 Å². The molecule has 1 unspecified atom stereocenters. The van der Waals surface area contributed by atoms with Crippen molar-refractivity contribution >= 4 is 0 Å². The average Bonchev–Trinajstić information content (AvgIpc) is 3.10. The van der Waals surface area contributed by atoms with Gasteiger partial charge >= 0.3 is 0 Å². The Morgan fingerprint density at radius 3 is 2.81 bits per heavy atom. The summed E-state index contributed by atoms with van der Waals surface area (Å²) in [6.45, 7) is 7.50. The molecule has 0 saturated carbocycles. The largest absolute Gasteiger partial charge is 0.497 e. The van der Waals surface area contributed by atoms with Crippen LogP contribution in [0.2, 0.25) is 0 Å². The highest BCUT2D eigenvalue weighted by Gasteiger charge is 2.52. The van der Waals surface area contributed by atoms with Crippen molar-refractivity contribution in [3.05, 3.63) is 29.8 Å². The van der Waals surface area contributed by atoms with Crippen LogP contribution in [0, 0.1) is 11.8 Å². The second kappa shape index (κ2) is 8.91. The zero-order valence-corrected chi connectivity index (χ0v) is 16.5. The quantitative estimate of drug-likeness (QED) is 0.653. The van der Waals surface area contributed by atoms with Crippen molar-refractivity contribution in [3.8, 4) is 5.75 Å². The van der Waals surface area contributed by atoms with Crippen LogP contribution in [0.25, 0.3) is 0 Å². The van der Waals surface area contributed by atoms with E-state index in [1.807, 2.05) is 6.07 Å². The highest BCUT2D eigenvalue weighted by atomic mass is 16.5. The van der Waals surface area contributed by atoms with Crippen LogP contribution in [0.4, 0.5) is 0 Å². The SMILES string of the molecule is COc1cccc(CN2CC3(C2)OCCC3CCOCC2CCOCC2)c1. The normalized spacial score (nSPS) is 25.6. The van der Waals surface area contributed by atoms with Gasteiger partial charge in [-0.05, 0) is 55.2 Å². The van der Waals surface area contributed by atoms with Gasteiger partial charge in [-0.25, -0.2) is 0 Å². The molecule has 5 heteroatoms. The summed E-state index contributed by atoms with van der Waals surface area (Å²) in [4.78, 5) is 2.48. The summed E-state index contributed by atoms with van der Waals surface area (Å²) < 4.78 is 23.0. The maximum absolute atomic E-state index is 6.21. The third kappa shape index (κ3) is 4.65. The first-order chi connectivity index (χ1) is 13.3. The monoisotopic (exact) mass is 375 g/mol. The van der Waals surface area contributed by atoms with Crippen LogP contribution in [-0.2, 0) is 20.8 Å². The van der Waals surface area contributed by atoms with Crippen LogP contribution in [0.15, 0.2) is 24.3 Å². The maximum atomic E-state index is 6.21. The Bertz CT molecular complexity index is 596. The maximum Gasteiger partial charge on any atom is 0.119 e. The molecule has 3 fully saturated rings. The summed E-state index contributed by atoms with van der Waals surface area (Å²) >= 11 is 0. The molecule has 4 rings (SSSR count). The minimum absolute atomic E-state index is 0.0703. The van der Waals surface area contributed by atoms with Crippen LogP contribution in [0.5, 0.6) is 5.75 Å². The molecule has 0 aromatic heterocycles. The summed E-state index contributed by atoms with van der Waals surface area (Å²) in [5.74, 6) is 2.25. The molecule has 1 spiro atoms. The molecule has 27 heavy (non-hydrogen) atoms. The van der Waals surface area contributed by atoms with Crippen LogP contribution in [0.1, 0.15) is 31.2 Å². The van der Waals surface area contributed by atoms with Crippen molar-refractivity contribution in [2.45, 2.75) is 37.8 Å². The second-order valence-electron chi connectivity index (χ2n) is 8.31. The Labute approximate surface area is 162 Å². The minimum Gasteiger partial charge on any atom is -0.497 e. The minimum atomic E-state index is 0.0703. The van der Waals surface area contributed by atoms with Gasteiger partial charge in [0.05, 0.1) is 12.7 Å². The van der Waals surface area contributed by atoms with Crippen molar-refractivity contribution in [3.63, 3.8) is 0 Å². The summed E-state index contributed by atoms with van der Waals surface area (Å²) in [5, 5.41) is 0. The van der Waals surface area contributed by atoms with Crippen molar-refractivity contribution in [1.82, 2.24) is 4.90 Å². The molecule has 0 N–H and O–H groups in total. The van der Waals surface area contributed by atoms with Crippen LogP contribution >= 0.6 is 0 Å². The molecule has 1 atom stereocenters. The summed E-state index contributed by atoms with van der Waals surface area (Å²) in [6.07, 6.45) is 4.59. The zero-order chi connectivity index (χ0) is 18.5. The standard InChI is InChI=1S/C22H33NO4/c1-24-21-4-2-3-19(13-21)14-23-16-22(17-23)20(8-12-27-22)7-11-26-15-18-5-9-25-10-6-18/h2-4,13,18,20H,5-12,14-17H2,1H3. The van der Waals surface area contributed by atoms with Gasteiger partial charge in [0.2, 0.25) is 0 Å². The predicted octanol–water partition coefficient (Wildman–Crippen LogP) is 3.12. The lowest BCUT2D eigenvalue weighted by Crippen LogP contribution is -2.64. The topological polar surface area (TPSA) is 40.2 Å². The molecule has 5 nitrogen and oxygen atoms in total. The Morgan fingerprint density at radius 2 is 2.00 bits per heavy atom. The molecule has 3 aliphatic heterocycles. The van der Waals surface area contributed by atoms with Gasteiger partial charge in [-0.3, -0.25) is 4.90 Å². The lowest BCUT2D eigenvalue weighted by Gasteiger charge is -2.50. The van der Waals surface area contributed by atoms with Gasteiger partial charge < -0.3 is 18.9 Å². The van der Waals surface area contributed by atoms with E-state index in [4.69, 9.17) is 18.9 Å². The van der Waals surface area contributed by atoms with Gasteiger partial charge in [0.25, 0.3) is 0 Å². The number of ether oxygens (including phenoxy) is 4. The van der Waals surface area contributed by atoms with Crippen LogP contribution < -0.4 is 4.74 Å². The Morgan fingerprint density at radius 1 is 1.15 bits per heavy atom. The van der Waals surface area contributed by atoms with Gasteiger partial charge in [0, 0.05) is 52.7 Å². The predicted molar refractivity (Wildman–Crippen MR) is 104 cm³/mol. The number of nitrogens with zero attached hydrogens (tertiary/aromatic N) is 1. The fraction of sp³-hybridized carbons (Fsp3) is 0.727.